The molecule has 5 heterocycles. The second-order valence-corrected chi connectivity index (χ2v) is 25.6. The van der Waals surface area contributed by atoms with E-state index in [2.05, 4.69) is 270 Å². The lowest BCUT2D eigenvalue weighted by atomic mass is 9.89. The van der Waals surface area contributed by atoms with Gasteiger partial charge >= 0.3 is 0 Å². The van der Waals surface area contributed by atoms with Gasteiger partial charge in [-0.3, -0.25) is 15.0 Å². The van der Waals surface area contributed by atoms with Gasteiger partial charge in [-0.05, 0) is 185 Å². The molecular weight excluding hydrogens is 1240 g/mol. The normalized spacial score (nSPS) is 11.3. The van der Waals surface area contributed by atoms with Crippen molar-refractivity contribution in [1.82, 2.24) is 24.9 Å². The number of nitrogens with zero attached hydrogens (tertiary/aromatic N) is 7. The summed E-state index contributed by atoms with van der Waals surface area (Å²) >= 11 is 0. The summed E-state index contributed by atoms with van der Waals surface area (Å²) in [4.78, 5) is 24.5. The van der Waals surface area contributed by atoms with E-state index in [1.165, 1.54) is 60.7 Å². The average Bonchev–Trinajstić information content (AvgIpc) is 1.54. The molecule has 0 saturated carbocycles. The number of hydrogen-bond donors (Lipinski definition) is 0. The molecule has 472 valence electrons. The van der Waals surface area contributed by atoms with Crippen LogP contribution in [-0.4, -0.2) is 24.9 Å². The maximum atomic E-state index is 9.57. The molecule has 0 unspecified atom stereocenters. The van der Waals surface area contributed by atoms with Gasteiger partial charge in [-0.15, -0.1) is 0 Å². The van der Waals surface area contributed by atoms with Gasteiger partial charge in [0.25, 0.3) is 0 Å². The van der Waals surface area contributed by atoms with Crippen molar-refractivity contribution in [1.29, 1.82) is 10.5 Å². The summed E-state index contributed by atoms with van der Waals surface area (Å²) in [7, 11) is 0. The SMILES string of the molecule is N#Cc1ccc(-c2ccc3c4c(ccc(-c5cc(-c6ccc(-c7ccccn7)cc6)cc(-c6ccc(-c7ccccn7)cc6)n5)c24)-c2ccccc2-3)cc1.N#Cc1ccc(-c2ccc3c4c(ccc(-c5cc(-c6ccc(-c7ccccn7)cc6)cc(-c6ccccc6)n5)c24)-c2ccccc2-3)cc1. The number of fused-ring (bicyclic) bond motifs is 6. The lowest BCUT2D eigenvalue weighted by Gasteiger charge is -2.16. The smallest absolute Gasteiger partial charge is 0.0991 e. The van der Waals surface area contributed by atoms with Gasteiger partial charge in [-0.25, -0.2) is 9.97 Å². The fourth-order valence-electron chi connectivity index (χ4n) is 14.8. The third kappa shape index (κ3) is 10.9. The number of aromatic nitrogens is 5. The highest BCUT2D eigenvalue weighted by Gasteiger charge is 2.28. The van der Waals surface area contributed by atoms with Crippen molar-refractivity contribution in [2.45, 2.75) is 0 Å². The van der Waals surface area contributed by atoms with Crippen molar-refractivity contribution in [2.75, 3.05) is 0 Å². The van der Waals surface area contributed by atoms with Crippen molar-refractivity contribution >= 4 is 21.5 Å². The molecule has 0 N–H and O–H groups in total. The van der Waals surface area contributed by atoms with E-state index in [1.54, 1.807) is 0 Å². The summed E-state index contributed by atoms with van der Waals surface area (Å²) in [6.07, 6.45) is 5.47. The topological polar surface area (TPSA) is 112 Å². The first-order valence-corrected chi connectivity index (χ1v) is 34.0. The molecule has 19 rings (SSSR count). The highest BCUT2D eigenvalue weighted by atomic mass is 14.7. The molecule has 2 aliphatic carbocycles. The van der Waals surface area contributed by atoms with Crippen LogP contribution in [0.1, 0.15) is 11.1 Å². The van der Waals surface area contributed by atoms with E-state index in [9.17, 15) is 10.5 Å². The number of pyridine rings is 5. The number of hydrogen-bond acceptors (Lipinski definition) is 7. The maximum Gasteiger partial charge on any atom is 0.0991 e. The predicted octanol–water partition coefficient (Wildman–Crippen LogP) is 24.0. The van der Waals surface area contributed by atoms with E-state index in [0.29, 0.717) is 11.1 Å². The molecule has 0 atom stereocenters. The first kappa shape index (κ1) is 60.3. The van der Waals surface area contributed by atoms with Gasteiger partial charge in [-0.2, -0.15) is 10.5 Å². The molecule has 7 heteroatoms. The van der Waals surface area contributed by atoms with Gasteiger partial charge in [0.1, 0.15) is 0 Å². The van der Waals surface area contributed by atoms with Crippen LogP contribution < -0.4 is 0 Å². The van der Waals surface area contributed by atoms with E-state index in [0.717, 1.165) is 129 Å². The Balaban J connectivity index is 0.000000147. The molecule has 0 bridgehead atoms. The average molecular weight is 1300 g/mol. The highest BCUT2D eigenvalue weighted by molar-refractivity contribution is 6.24. The Bertz CT molecular complexity index is 6030. The Morgan fingerprint density at radius 1 is 0.176 bits per heavy atom. The van der Waals surface area contributed by atoms with E-state index >= 15 is 0 Å². The third-order valence-electron chi connectivity index (χ3n) is 19.8. The van der Waals surface area contributed by atoms with Crippen LogP contribution in [0, 0.1) is 22.7 Å². The largest absolute Gasteiger partial charge is 0.256 e. The monoisotopic (exact) mass is 1300 g/mol. The van der Waals surface area contributed by atoms with Gasteiger partial charge in [0.05, 0.1) is 63.1 Å². The standard InChI is InChI=1S/C50H30N4.C45H27N3/c51-31-32-11-13-34(14-12-32)39-23-24-42-40-7-1-2-8-41(40)43-25-26-44(49(39)50(42)43)48-30-38(33-15-17-35(18-16-33)45-9-3-5-27-52-45)29-47(54-48)37-21-19-36(20-22-37)46-10-4-6-28-53-46;46-28-29-13-15-31(16-14-29)35-21-22-38-36-10-4-5-11-37(36)39-23-24-40(44(35)45(38)39)43-27-34(26-42(48-43)32-8-2-1-3-9-32)30-17-19-33(20-18-30)41-12-6-7-25-47-41/h1-30H;1-27H. The molecule has 0 aliphatic heterocycles. The van der Waals surface area contributed by atoms with Gasteiger partial charge in [0, 0.05) is 68.3 Å². The zero-order valence-electron chi connectivity index (χ0n) is 55.0. The van der Waals surface area contributed by atoms with Crippen molar-refractivity contribution in [2.24, 2.45) is 0 Å². The summed E-state index contributed by atoms with van der Waals surface area (Å²) in [5.74, 6) is 0. The molecule has 12 aromatic carbocycles. The van der Waals surface area contributed by atoms with E-state index in [4.69, 9.17) is 9.97 Å². The fraction of sp³-hybridized carbons (Fsp3) is 0. The maximum absolute atomic E-state index is 9.57. The van der Waals surface area contributed by atoms with Gasteiger partial charge < -0.3 is 0 Å². The van der Waals surface area contributed by atoms with Crippen LogP contribution in [-0.2, 0) is 0 Å². The van der Waals surface area contributed by atoms with E-state index < -0.39 is 0 Å². The minimum Gasteiger partial charge on any atom is -0.256 e. The molecular formula is C95H57N7. The highest BCUT2D eigenvalue weighted by Crippen LogP contribution is 2.54. The molecule has 0 fully saturated rings. The van der Waals surface area contributed by atoms with Crippen LogP contribution in [0.15, 0.2) is 346 Å². The number of rotatable bonds is 11. The zero-order chi connectivity index (χ0) is 68.0. The lowest BCUT2D eigenvalue weighted by molar-refractivity contribution is 1.31. The molecule has 2 aliphatic rings. The Hall–Kier alpha value is -14.1. The number of nitriles is 2. The van der Waals surface area contributed by atoms with Crippen LogP contribution in [0.5, 0.6) is 0 Å². The molecule has 0 amide bonds. The van der Waals surface area contributed by atoms with Crippen LogP contribution in [0.25, 0.3) is 189 Å². The van der Waals surface area contributed by atoms with Crippen LogP contribution in [0.2, 0.25) is 0 Å². The van der Waals surface area contributed by atoms with E-state index in [1.807, 2.05) is 104 Å². The summed E-state index contributed by atoms with van der Waals surface area (Å²) < 4.78 is 0. The molecule has 17 aromatic rings. The molecule has 5 aromatic heterocycles. The Morgan fingerprint density at radius 2 is 0.441 bits per heavy atom. The molecule has 7 nitrogen and oxygen atoms in total. The van der Waals surface area contributed by atoms with Crippen molar-refractivity contribution in [3.05, 3.63) is 357 Å². The summed E-state index contributed by atoms with van der Waals surface area (Å²) in [5.41, 5.74) is 33.8. The molecule has 102 heavy (non-hydrogen) atoms. The van der Waals surface area contributed by atoms with Crippen molar-refractivity contribution in [3.63, 3.8) is 0 Å². The first-order chi connectivity index (χ1) is 50.5. The third-order valence-corrected chi connectivity index (χ3v) is 19.8. The second kappa shape index (κ2) is 25.7. The predicted molar refractivity (Wildman–Crippen MR) is 415 cm³/mol. The van der Waals surface area contributed by atoms with Gasteiger partial charge in [0.2, 0.25) is 0 Å². The fourth-order valence-corrected chi connectivity index (χ4v) is 14.8. The Labute approximate surface area is 590 Å². The summed E-state index contributed by atoms with van der Waals surface area (Å²) in [5, 5.41) is 23.8. The number of benzene rings is 12. The molecule has 0 radical (unpaired) electrons. The van der Waals surface area contributed by atoms with Crippen LogP contribution >= 0.6 is 0 Å². The zero-order valence-corrected chi connectivity index (χ0v) is 55.0. The second-order valence-electron chi connectivity index (χ2n) is 25.6. The first-order valence-electron chi connectivity index (χ1n) is 34.0. The summed E-state index contributed by atoms with van der Waals surface area (Å²) in [6.45, 7) is 0. The van der Waals surface area contributed by atoms with Crippen LogP contribution in [0.3, 0.4) is 0 Å². The van der Waals surface area contributed by atoms with Gasteiger partial charge in [-0.1, -0.05) is 243 Å². The van der Waals surface area contributed by atoms with Crippen molar-refractivity contribution in [3.8, 4) is 180 Å². The van der Waals surface area contributed by atoms with E-state index in [-0.39, 0.29) is 0 Å². The van der Waals surface area contributed by atoms with Crippen molar-refractivity contribution < 1.29 is 0 Å². The van der Waals surface area contributed by atoms with Crippen LogP contribution in [0.4, 0.5) is 0 Å². The van der Waals surface area contributed by atoms with Gasteiger partial charge in [0.15, 0.2) is 0 Å². The Morgan fingerprint density at radius 3 is 0.775 bits per heavy atom. The minimum atomic E-state index is 0.638. The minimum absolute atomic E-state index is 0.638. The summed E-state index contributed by atoms with van der Waals surface area (Å²) in [6, 6.07) is 118. The Kier molecular flexibility index (Phi) is 15.2. The lowest BCUT2D eigenvalue weighted by Crippen LogP contribution is -1.94. The molecule has 0 spiro atoms. The molecule has 0 saturated heterocycles. The quantitative estimate of drug-likeness (QED) is 0.127.